The van der Waals surface area contributed by atoms with E-state index in [0.29, 0.717) is 19.3 Å². The molecule has 76 heavy (non-hydrogen) atoms. The smallest absolute Gasteiger partial charge is 0.306 e. The van der Waals surface area contributed by atoms with Gasteiger partial charge in [-0.1, -0.05) is 287 Å². The third-order valence-corrected chi connectivity index (χ3v) is 14.7. The fraction of sp³-hybridized carbons (Fsp3) is 0.814. The number of unbranched alkanes of at least 4 members (excludes halogenated alkanes) is 40. The summed E-state index contributed by atoms with van der Waals surface area (Å²) in [5.74, 6) is -0.873. The summed E-state index contributed by atoms with van der Waals surface area (Å²) in [6, 6.07) is 0. The van der Waals surface area contributed by atoms with E-state index in [1.54, 1.807) is 0 Å². The predicted octanol–water partition coefficient (Wildman–Crippen LogP) is 22.7. The summed E-state index contributed by atoms with van der Waals surface area (Å²) in [6.45, 7) is 6.60. The first-order valence-corrected chi connectivity index (χ1v) is 33.3. The molecular formula is C70H126O6. The Bertz CT molecular complexity index is 1360. The van der Waals surface area contributed by atoms with Gasteiger partial charge in [-0.3, -0.25) is 14.4 Å². The molecule has 0 radical (unpaired) electrons. The number of ether oxygens (including phenoxy) is 3. The molecule has 6 nitrogen and oxygen atoms in total. The fourth-order valence-corrected chi connectivity index (χ4v) is 9.68. The number of allylic oxidation sites excluding steroid dienone is 10. The summed E-state index contributed by atoms with van der Waals surface area (Å²) in [4.78, 5) is 38.2. The number of carbonyl (C=O) groups is 3. The van der Waals surface area contributed by atoms with Gasteiger partial charge in [0.1, 0.15) is 13.2 Å². The van der Waals surface area contributed by atoms with Crippen LogP contribution in [0.1, 0.15) is 348 Å². The summed E-state index contributed by atoms with van der Waals surface area (Å²) >= 11 is 0. The third kappa shape index (κ3) is 62.0. The van der Waals surface area contributed by atoms with Crippen LogP contribution in [0.15, 0.2) is 60.8 Å². The van der Waals surface area contributed by atoms with Crippen LogP contribution < -0.4 is 0 Å². The first-order chi connectivity index (χ1) is 37.5. The van der Waals surface area contributed by atoms with Crippen LogP contribution in [0.2, 0.25) is 0 Å². The van der Waals surface area contributed by atoms with Crippen molar-refractivity contribution in [3.8, 4) is 0 Å². The van der Waals surface area contributed by atoms with Crippen LogP contribution in [-0.2, 0) is 28.6 Å². The zero-order valence-corrected chi connectivity index (χ0v) is 50.8. The first-order valence-electron chi connectivity index (χ1n) is 33.3. The summed E-state index contributed by atoms with van der Waals surface area (Å²) in [5, 5.41) is 0. The topological polar surface area (TPSA) is 78.9 Å². The van der Waals surface area contributed by atoms with Gasteiger partial charge < -0.3 is 14.2 Å². The SMILES string of the molecule is CCC/C=C\CCCCCCCC(=O)OCC(COC(=O)CCCCCCCCCCCCCCCC/C=C\C/C=C\C/C=C\CCCCCCC)OC(=O)CCCCCCCCCCC/C=C\CCCCCCCC. The lowest BCUT2D eigenvalue weighted by Crippen LogP contribution is -2.30. The first kappa shape index (κ1) is 73.1. The molecule has 1 atom stereocenters. The van der Waals surface area contributed by atoms with Crippen LogP contribution >= 0.6 is 0 Å². The molecule has 0 N–H and O–H groups in total. The zero-order chi connectivity index (χ0) is 55.0. The van der Waals surface area contributed by atoms with Crippen molar-refractivity contribution in [3.63, 3.8) is 0 Å². The Balaban J connectivity index is 4.16. The zero-order valence-electron chi connectivity index (χ0n) is 50.8. The van der Waals surface area contributed by atoms with Crippen molar-refractivity contribution in [1.82, 2.24) is 0 Å². The minimum absolute atomic E-state index is 0.0755. The average molecular weight is 1060 g/mol. The molecule has 0 spiro atoms. The molecule has 0 amide bonds. The molecule has 0 heterocycles. The molecule has 0 rings (SSSR count). The van der Waals surface area contributed by atoms with E-state index in [9.17, 15) is 14.4 Å². The second-order valence-electron chi connectivity index (χ2n) is 22.4. The van der Waals surface area contributed by atoms with Crippen molar-refractivity contribution < 1.29 is 28.6 Å². The molecule has 0 saturated heterocycles. The molecule has 442 valence electrons. The molecule has 0 aliphatic heterocycles. The van der Waals surface area contributed by atoms with Gasteiger partial charge in [-0.05, 0) is 103 Å². The molecule has 0 bridgehead atoms. The van der Waals surface area contributed by atoms with Crippen LogP contribution in [0.3, 0.4) is 0 Å². The molecule has 0 aliphatic rings. The molecular weight excluding hydrogens is 937 g/mol. The van der Waals surface area contributed by atoms with Gasteiger partial charge in [0.2, 0.25) is 0 Å². The van der Waals surface area contributed by atoms with Crippen molar-refractivity contribution in [1.29, 1.82) is 0 Å². The van der Waals surface area contributed by atoms with Crippen molar-refractivity contribution >= 4 is 17.9 Å². The predicted molar refractivity (Wildman–Crippen MR) is 330 cm³/mol. The van der Waals surface area contributed by atoms with Gasteiger partial charge >= 0.3 is 17.9 Å². The van der Waals surface area contributed by atoms with Gasteiger partial charge in [-0.25, -0.2) is 0 Å². The van der Waals surface area contributed by atoms with Crippen LogP contribution in [0, 0.1) is 0 Å². The molecule has 0 saturated carbocycles. The Kier molecular flexibility index (Phi) is 62.2. The summed E-state index contributed by atoms with van der Waals surface area (Å²) in [6.07, 6.45) is 82.5. The normalized spacial score (nSPS) is 12.4. The number of hydrogen-bond donors (Lipinski definition) is 0. The van der Waals surface area contributed by atoms with Crippen LogP contribution in [-0.4, -0.2) is 37.2 Å². The molecule has 0 aliphatic carbocycles. The van der Waals surface area contributed by atoms with Gasteiger partial charge in [0.05, 0.1) is 0 Å². The minimum Gasteiger partial charge on any atom is -0.462 e. The molecule has 1 unspecified atom stereocenters. The van der Waals surface area contributed by atoms with Gasteiger partial charge in [-0.2, -0.15) is 0 Å². The van der Waals surface area contributed by atoms with Crippen molar-refractivity contribution in [2.24, 2.45) is 0 Å². The van der Waals surface area contributed by atoms with E-state index in [2.05, 4.69) is 81.5 Å². The Morgan fingerprint density at radius 3 is 0.803 bits per heavy atom. The van der Waals surface area contributed by atoms with E-state index in [-0.39, 0.29) is 31.1 Å². The Morgan fingerprint density at radius 1 is 0.263 bits per heavy atom. The Hall–Kier alpha value is -2.89. The summed E-state index contributed by atoms with van der Waals surface area (Å²) in [5.41, 5.74) is 0. The van der Waals surface area contributed by atoms with Crippen LogP contribution in [0.25, 0.3) is 0 Å². The summed E-state index contributed by atoms with van der Waals surface area (Å²) in [7, 11) is 0. The highest BCUT2D eigenvalue weighted by Crippen LogP contribution is 2.17. The quantitative estimate of drug-likeness (QED) is 0.0261. The second kappa shape index (κ2) is 64.6. The average Bonchev–Trinajstić information content (AvgIpc) is 3.42. The van der Waals surface area contributed by atoms with E-state index in [0.717, 1.165) is 83.5 Å². The van der Waals surface area contributed by atoms with E-state index in [1.807, 2.05) is 0 Å². The van der Waals surface area contributed by atoms with Gasteiger partial charge in [-0.15, -0.1) is 0 Å². The maximum atomic E-state index is 12.9. The highest BCUT2D eigenvalue weighted by atomic mass is 16.6. The minimum atomic E-state index is -0.778. The molecule has 6 heteroatoms. The maximum absolute atomic E-state index is 12.9. The van der Waals surface area contributed by atoms with Gasteiger partial charge in [0, 0.05) is 19.3 Å². The largest absolute Gasteiger partial charge is 0.462 e. The molecule has 0 aromatic heterocycles. The van der Waals surface area contributed by atoms with E-state index >= 15 is 0 Å². The van der Waals surface area contributed by atoms with E-state index in [4.69, 9.17) is 14.2 Å². The van der Waals surface area contributed by atoms with E-state index < -0.39 is 6.10 Å². The number of carbonyl (C=O) groups excluding carboxylic acids is 3. The lowest BCUT2D eigenvalue weighted by molar-refractivity contribution is -0.167. The third-order valence-electron chi connectivity index (χ3n) is 14.7. The monoisotopic (exact) mass is 1060 g/mol. The van der Waals surface area contributed by atoms with Crippen molar-refractivity contribution in [3.05, 3.63) is 60.8 Å². The number of hydrogen-bond acceptors (Lipinski definition) is 6. The highest BCUT2D eigenvalue weighted by Gasteiger charge is 2.19. The van der Waals surface area contributed by atoms with Crippen molar-refractivity contribution in [2.45, 2.75) is 354 Å². The Labute approximate surface area is 472 Å². The van der Waals surface area contributed by atoms with Crippen LogP contribution in [0.5, 0.6) is 0 Å². The molecule has 0 aromatic carbocycles. The van der Waals surface area contributed by atoms with Gasteiger partial charge in [0.25, 0.3) is 0 Å². The fourth-order valence-electron chi connectivity index (χ4n) is 9.68. The number of esters is 3. The Morgan fingerprint density at radius 2 is 0.500 bits per heavy atom. The molecule has 0 aromatic rings. The van der Waals surface area contributed by atoms with Crippen LogP contribution in [0.4, 0.5) is 0 Å². The number of rotatable bonds is 61. The summed E-state index contributed by atoms with van der Waals surface area (Å²) < 4.78 is 16.9. The van der Waals surface area contributed by atoms with E-state index in [1.165, 1.54) is 225 Å². The maximum Gasteiger partial charge on any atom is 0.306 e. The molecule has 0 fully saturated rings. The van der Waals surface area contributed by atoms with Crippen molar-refractivity contribution in [2.75, 3.05) is 13.2 Å². The highest BCUT2D eigenvalue weighted by molar-refractivity contribution is 5.71. The second-order valence-corrected chi connectivity index (χ2v) is 22.4. The standard InChI is InChI=1S/C70H126O6/c1-4-7-10-13-16-19-22-24-26-28-30-31-32-33-34-35-36-37-38-39-41-42-44-46-48-51-54-57-60-63-69(72)75-66-67(65-74-68(71)62-59-56-53-50-21-18-15-12-9-6-3)76-70(73)64-61-58-55-52-49-47-45-43-40-29-27-25-23-20-17-14-11-8-5-2/h12,15,22,24-25,27-28,30,32-33,67H,4-11,13-14,16-21,23,26,29,31,34-66H2,1-3H3/b15-12-,24-22-,27-25-,30-28-,33-32-. The lowest BCUT2D eigenvalue weighted by atomic mass is 10.0. The van der Waals surface area contributed by atoms with Gasteiger partial charge in [0.15, 0.2) is 6.10 Å². The lowest BCUT2D eigenvalue weighted by Gasteiger charge is -2.18.